The first-order chi connectivity index (χ1) is 10.1. The lowest BCUT2D eigenvalue weighted by Gasteiger charge is -2.15. The van der Waals surface area contributed by atoms with Crippen molar-refractivity contribution >= 4 is 22.2 Å². The van der Waals surface area contributed by atoms with E-state index in [4.69, 9.17) is 4.98 Å². The molecule has 0 atom stereocenters. The molecule has 2 aromatic rings. The lowest BCUT2D eigenvalue weighted by Crippen LogP contribution is -2.15. The minimum absolute atomic E-state index is 0.468. The van der Waals surface area contributed by atoms with E-state index in [-0.39, 0.29) is 0 Å². The molecule has 3 rings (SSSR count). The first-order valence-electron chi connectivity index (χ1n) is 7.67. The van der Waals surface area contributed by atoms with Gasteiger partial charge in [-0.15, -0.1) is 0 Å². The summed E-state index contributed by atoms with van der Waals surface area (Å²) in [4.78, 5) is 8.45. The highest BCUT2D eigenvalue weighted by molar-refractivity contribution is 7.15. The molecule has 0 bridgehead atoms. The zero-order valence-electron chi connectivity index (χ0n) is 13.0. The molecule has 1 aromatic carbocycles. The van der Waals surface area contributed by atoms with Crippen LogP contribution in [0.2, 0.25) is 0 Å². The van der Waals surface area contributed by atoms with Gasteiger partial charge < -0.3 is 10.2 Å². The standard InChI is InChI=1S/C17H23N3S/c1-12(2)16-15(11-18-13-9-10-13)21-17(19-16)20(3)14-7-5-4-6-8-14/h4-8,12-13,18H,9-11H2,1-3H3. The second-order valence-electron chi connectivity index (χ2n) is 6.01. The maximum atomic E-state index is 4.89. The first kappa shape index (κ1) is 14.5. The summed E-state index contributed by atoms with van der Waals surface area (Å²) in [6, 6.07) is 11.2. The summed E-state index contributed by atoms with van der Waals surface area (Å²) < 4.78 is 0. The number of nitrogens with one attached hydrogen (secondary N) is 1. The number of rotatable bonds is 6. The molecule has 0 spiro atoms. The summed E-state index contributed by atoms with van der Waals surface area (Å²) in [5.74, 6) is 0.468. The molecular formula is C17H23N3S. The second-order valence-corrected chi connectivity index (χ2v) is 7.07. The minimum atomic E-state index is 0.468. The molecule has 0 radical (unpaired) electrons. The van der Waals surface area contributed by atoms with Crippen LogP contribution in [0.1, 0.15) is 43.2 Å². The predicted octanol–water partition coefficient (Wildman–Crippen LogP) is 4.29. The summed E-state index contributed by atoms with van der Waals surface area (Å²) in [6.07, 6.45) is 2.65. The van der Waals surface area contributed by atoms with E-state index in [1.54, 1.807) is 0 Å². The van der Waals surface area contributed by atoms with Crippen LogP contribution >= 0.6 is 11.3 Å². The van der Waals surface area contributed by atoms with Gasteiger partial charge in [-0.25, -0.2) is 4.98 Å². The van der Waals surface area contributed by atoms with Crippen molar-refractivity contribution in [3.8, 4) is 0 Å². The van der Waals surface area contributed by atoms with E-state index in [2.05, 4.69) is 55.4 Å². The van der Waals surface area contributed by atoms with E-state index >= 15 is 0 Å². The van der Waals surface area contributed by atoms with Crippen molar-refractivity contribution in [1.82, 2.24) is 10.3 Å². The van der Waals surface area contributed by atoms with Gasteiger partial charge in [0.15, 0.2) is 5.13 Å². The number of benzene rings is 1. The van der Waals surface area contributed by atoms with Gasteiger partial charge >= 0.3 is 0 Å². The zero-order chi connectivity index (χ0) is 14.8. The molecule has 112 valence electrons. The lowest BCUT2D eigenvalue weighted by molar-refractivity contribution is 0.681. The maximum absolute atomic E-state index is 4.89. The van der Waals surface area contributed by atoms with Crippen LogP contribution in [0.4, 0.5) is 10.8 Å². The smallest absolute Gasteiger partial charge is 0.190 e. The van der Waals surface area contributed by atoms with Crippen LogP contribution in [-0.2, 0) is 6.54 Å². The fourth-order valence-electron chi connectivity index (χ4n) is 2.36. The molecule has 0 amide bonds. The Hall–Kier alpha value is -1.39. The highest BCUT2D eigenvalue weighted by atomic mass is 32.1. The molecule has 1 aliphatic rings. The average Bonchev–Trinajstić information content (AvgIpc) is 3.23. The molecule has 1 heterocycles. The van der Waals surface area contributed by atoms with Gasteiger partial charge in [0.1, 0.15) is 0 Å². The zero-order valence-corrected chi connectivity index (χ0v) is 13.8. The van der Waals surface area contributed by atoms with Gasteiger partial charge in [-0.1, -0.05) is 43.4 Å². The third-order valence-electron chi connectivity index (χ3n) is 3.82. The summed E-state index contributed by atoms with van der Waals surface area (Å²) >= 11 is 1.81. The quantitative estimate of drug-likeness (QED) is 0.863. The fraction of sp³-hybridized carbons (Fsp3) is 0.471. The van der Waals surface area contributed by atoms with Crippen molar-refractivity contribution in [2.45, 2.75) is 45.2 Å². The Morgan fingerprint density at radius 1 is 1.29 bits per heavy atom. The molecule has 1 aromatic heterocycles. The lowest BCUT2D eigenvalue weighted by atomic mass is 10.1. The minimum Gasteiger partial charge on any atom is -0.321 e. The molecule has 4 heteroatoms. The van der Waals surface area contributed by atoms with Gasteiger partial charge in [0, 0.05) is 30.2 Å². The number of para-hydroxylation sites is 1. The molecular weight excluding hydrogens is 278 g/mol. The molecule has 21 heavy (non-hydrogen) atoms. The maximum Gasteiger partial charge on any atom is 0.190 e. The van der Waals surface area contributed by atoms with Crippen LogP contribution < -0.4 is 10.2 Å². The van der Waals surface area contributed by atoms with Crippen molar-refractivity contribution in [3.05, 3.63) is 40.9 Å². The molecule has 1 fully saturated rings. The van der Waals surface area contributed by atoms with Gasteiger partial charge in [-0.3, -0.25) is 0 Å². The molecule has 3 nitrogen and oxygen atoms in total. The summed E-state index contributed by atoms with van der Waals surface area (Å²) in [5, 5.41) is 4.69. The molecule has 1 N–H and O–H groups in total. The third kappa shape index (κ3) is 3.44. The predicted molar refractivity (Wildman–Crippen MR) is 90.6 cm³/mol. The molecule has 1 saturated carbocycles. The van der Waals surface area contributed by atoms with E-state index in [1.165, 1.54) is 29.1 Å². The SMILES string of the molecule is CC(C)c1nc(N(C)c2ccccc2)sc1CNC1CC1. The Morgan fingerprint density at radius 3 is 2.62 bits per heavy atom. The Kier molecular flexibility index (Phi) is 4.27. The Bertz CT molecular complexity index is 587. The number of anilines is 2. The first-order valence-corrected chi connectivity index (χ1v) is 8.48. The molecule has 0 aliphatic heterocycles. The highest BCUT2D eigenvalue weighted by Crippen LogP contribution is 2.34. The van der Waals surface area contributed by atoms with Crippen molar-refractivity contribution in [2.75, 3.05) is 11.9 Å². The fourth-order valence-corrected chi connectivity index (χ4v) is 3.51. The van der Waals surface area contributed by atoms with Crippen LogP contribution in [0.15, 0.2) is 30.3 Å². The van der Waals surface area contributed by atoms with E-state index in [0.29, 0.717) is 5.92 Å². The summed E-state index contributed by atoms with van der Waals surface area (Å²) in [5.41, 5.74) is 2.43. The largest absolute Gasteiger partial charge is 0.321 e. The molecule has 0 saturated heterocycles. The van der Waals surface area contributed by atoms with Crippen LogP contribution in [0.3, 0.4) is 0 Å². The van der Waals surface area contributed by atoms with Gasteiger partial charge in [-0.05, 0) is 30.9 Å². The van der Waals surface area contributed by atoms with Crippen LogP contribution in [0.5, 0.6) is 0 Å². The van der Waals surface area contributed by atoms with Gasteiger partial charge in [0.05, 0.1) is 5.69 Å². The monoisotopic (exact) mass is 301 g/mol. The summed E-state index contributed by atoms with van der Waals surface area (Å²) in [7, 11) is 2.09. The van der Waals surface area contributed by atoms with Gasteiger partial charge in [0.25, 0.3) is 0 Å². The number of thiazole rings is 1. The Labute approximate surface area is 131 Å². The second kappa shape index (κ2) is 6.16. The van der Waals surface area contributed by atoms with Crippen LogP contribution in [0, 0.1) is 0 Å². The van der Waals surface area contributed by atoms with E-state index in [9.17, 15) is 0 Å². The van der Waals surface area contributed by atoms with Crippen molar-refractivity contribution in [1.29, 1.82) is 0 Å². The van der Waals surface area contributed by atoms with E-state index in [1.807, 2.05) is 17.4 Å². The Morgan fingerprint density at radius 2 is 2.00 bits per heavy atom. The van der Waals surface area contributed by atoms with Crippen LogP contribution in [0.25, 0.3) is 0 Å². The van der Waals surface area contributed by atoms with Crippen molar-refractivity contribution < 1.29 is 0 Å². The van der Waals surface area contributed by atoms with E-state index < -0.39 is 0 Å². The van der Waals surface area contributed by atoms with Gasteiger partial charge in [0.2, 0.25) is 0 Å². The average molecular weight is 301 g/mol. The van der Waals surface area contributed by atoms with Crippen molar-refractivity contribution in [3.63, 3.8) is 0 Å². The van der Waals surface area contributed by atoms with E-state index in [0.717, 1.165) is 17.7 Å². The number of hydrogen-bond donors (Lipinski definition) is 1. The summed E-state index contributed by atoms with van der Waals surface area (Å²) in [6.45, 7) is 5.41. The van der Waals surface area contributed by atoms with Crippen molar-refractivity contribution in [2.24, 2.45) is 0 Å². The number of nitrogens with zero attached hydrogens (tertiary/aromatic N) is 2. The third-order valence-corrected chi connectivity index (χ3v) is 4.97. The molecule has 1 aliphatic carbocycles. The number of aromatic nitrogens is 1. The van der Waals surface area contributed by atoms with Crippen LogP contribution in [-0.4, -0.2) is 18.1 Å². The molecule has 0 unspecified atom stereocenters. The topological polar surface area (TPSA) is 28.2 Å². The Balaban J connectivity index is 1.82. The normalized spacial score (nSPS) is 14.7. The van der Waals surface area contributed by atoms with Gasteiger partial charge in [-0.2, -0.15) is 0 Å². The highest BCUT2D eigenvalue weighted by Gasteiger charge is 2.23. The number of hydrogen-bond acceptors (Lipinski definition) is 4.